The van der Waals surface area contributed by atoms with Crippen molar-refractivity contribution in [1.29, 1.82) is 0 Å². The molecule has 0 fully saturated rings. The molecule has 0 heterocycles. The number of ether oxygens (including phenoxy) is 1. The molecule has 0 unspecified atom stereocenters. The van der Waals surface area contributed by atoms with E-state index in [1.807, 2.05) is 12.1 Å². The van der Waals surface area contributed by atoms with Gasteiger partial charge in [-0.15, -0.1) is 0 Å². The zero-order valence-corrected chi connectivity index (χ0v) is 19.8. The van der Waals surface area contributed by atoms with Crippen LogP contribution < -0.4 is 4.74 Å². The van der Waals surface area contributed by atoms with E-state index in [9.17, 15) is 0 Å². The van der Waals surface area contributed by atoms with Crippen LogP contribution in [-0.4, -0.2) is 11.7 Å². The van der Waals surface area contributed by atoms with E-state index in [4.69, 9.17) is 9.84 Å². The highest BCUT2D eigenvalue weighted by atomic mass is 16.5. The van der Waals surface area contributed by atoms with Crippen LogP contribution in [0.2, 0.25) is 0 Å². The monoisotopic (exact) mass is 424 g/mol. The van der Waals surface area contributed by atoms with Crippen LogP contribution in [0.25, 0.3) is 11.1 Å². The standard InChI is InChI=1S/C29H44O2/c1-2-3-4-5-6-7-8-9-10-11-12-13-14-15-24-31-29-22-20-28(21-23-29)27-18-16-26(25-30)17-19-27/h16-23,30H,2-15,24-25H2,1H3. The molecule has 0 bridgehead atoms. The van der Waals surface area contributed by atoms with E-state index in [0.29, 0.717) is 0 Å². The second kappa shape index (κ2) is 16.8. The first-order valence-electron chi connectivity index (χ1n) is 12.8. The minimum Gasteiger partial charge on any atom is -0.494 e. The van der Waals surface area contributed by atoms with Crippen molar-refractivity contribution in [3.63, 3.8) is 0 Å². The fraction of sp³-hybridized carbons (Fsp3) is 0.586. The van der Waals surface area contributed by atoms with Gasteiger partial charge in [-0.1, -0.05) is 127 Å². The maximum Gasteiger partial charge on any atom is 0.119 e. The molecule has 2 heteroatoms. The van der Waals surface area contributed by atoms with Gasteiger partial charge in [-0.05, 0) is 35.2 Å². The molecule has 0 saturated heterocycles. The summed E-state index contributed by atoms with van der Waals surface area (Å²) >= 11 is 0. The van der Waals surface area contributed by atoms with Crippen LogP contribution in [0.15, 0.2) is 48.5 Å². The lowest BCUT2D eigenvalue weighted by atomic mass is 10.0. The number of aliphatic hydroxyl groups excluding tert-OH is 1. The number of benzene rings is 2. The van der Waals surface area contributed by atoms with Crippen molar-refractivity contribution in [1.82, 2.24) is 0 Å². The molecule has 2 aromatic rings. The van der Waals surface area contributed by atoms with Gasteiger partial charge >= 0.3 is 0 Å². The number of hydrogen-bond acceptors (Lipinski definition) is 2. The van der Waals surface area contributed by atoms with E-state index < -0.39 is 0 Å². The van der Waals surface area contributed by atoms with Gasteiger partial charge in [-0.25, -0.2) is 0 Å². The second-order valence-electron chi connectivity index (χ2n) is 8.82. The van der Waals surface area contributed by atoms with Crippen molar-refractivity contribution in [2.24, 2.45) is 0 Å². The normalized spacial score (nSPS) is 11.0. The molecule has 2 rings (SSSR count). The summed E-state index contributed by atoms with van der Waals surface area (Å²) in [5.74, 6) is 0.949. The van der Waals surface area contributed by atoms with E-state index in [-0.39, 0.29) is 6.61 Å². The minimum absolute atomic E-state index is 0.0896. The maximum atomic E-state index is 9.15. The Balaban J connectivity index is 1.43. The predicted molar refractivity (Wildman–Crippen MR) is 134 cm³/mol. The van der Waals surface area contributed by atoms with Crippen LogP contribution in [0, 0.1) is 0 Å². The van der Waals surface area contributed by atoms with E-state index in [1.54, 1.807) is 0 Å². The van der Waals surface area contributed by atoms with Gasteiger partial charge in [-0.3, -0.25) is 0 Å². The Labute approximate surface area is 191 Å². The van der Waals surface area contributed by atoms with Crippen LogP contribution in [0.4, 0.5) is 0 Å². The highest BCUT2D eigenvalue weighted by Crippen LogP contribution is 2.23. The Morgan fingerprint density at radius 3 is 1.42 bits per heavy atom. The van der Waals surface area contributed by atoms with Crippen molar-refractivity contribution in [3.8, 4) is 16.9 Å². The lowest BCUT2D eigenvalue weighted by Crippen LogP contribution is -1.97. The van der Waals surface area contributed by atoms with Gasteiger partial charge < -0.3 is 9.84 Å². The maximum absolute atomic E-state index is 9.15. The van der Waals surface area contributed by atoms with E-state index in [1.165, 1.54) is 89.0 Å². The van der Waals surface area contributed by atoms with E-state index in [0.717, 1.165) is 29.9 Å². The number of rotatable bonds is 18. The fourth-order valence-electron chi connectivity index (χ4n) is 4.03. The predicted octanol–water partition coefficient (Wildman–Crippen LogP) is 8.71. The first-order valence-corrected chi connectivity index (χ1v) is 12.8. The molecule has 0 radical (unpaired) electrons. The average molecular weight is 425 g/mol. The summed E-state index contributed by atoms with van der Waals surface area (Å²) in [5.41, 5.74) is 3.28. The molecule has 0 aliphatic heterocycles. The molecular weight excluding hydrogens is 380 g/mol. The minimum atomic E-state index is 0.0896. The lowest BCUT2D eigenvalue weighted by Gasteiger charge is -2.08. The summed E-state index contributed by atoms with van der Waals surface area (Å²) in [4.78, 5) is 0. The summed E-state index contributed by atoms with van der Waals surface area (Å²) < 4.78 is 5.91. The van der Waals surface area contributed by atoms with Gasteiger partial charge in [0.05, 0.1) is 13.2 Å². The van der Waals surface area contributed by atoms with Gasteiger partial charge in [0.25, 0.3) is 0 Å². The van der Waals surface area contributed by atoms with E-state index in [2.05, 4.69) is 43.3 Å². The summed E-state index contributed by atoms with van der Waals surface area (Å²) in [6.07, 6.45) is 19.3. The molecule has 1 N–H and O–H groups in total. The molecule has 2 aromatic carbocycles. The summed E-state index contributed by atoms with van der Waals surface area (Å²) in [6, 6.07) is 16.4. The van der Waals surface area contributed by atoms with Crippen LogP contribution >= 0.6 is 0 Å². The van der Waals surface area contributed by atoms with Gasteiger partial charge in [0, 0.05) is 0 Å². The zero-order chi connectivity index (χ0) is 22.0. The van der Waals surface area contributed by atoms with Crippen molar-refractivity contribution >= 4 is 0 Å². The van der Waals surface area contributed by atoms with Crippen LogP contribution in [-0.2, 0) is 6.61 Å². The topological polar surface area (TPSA) is 29.5 Å². The van der Waals surface area contributed by atoms with Crippen molar-refractivity contribution in [3.05, 3.63) is 54.1 Å². The van der Waals surface area contributed by atoms with Crippen molar-refractivity contribution < 1.29 is 9.84 Å². The molecule has 0 spiro atoms. The third-order valence-corrected chi connectivity index (χ3v) is 6.09. The van der Waals surface area contributed by atoms with Gasteiger partial charge in [0.2, 0.25) is 0 Å². The van der Waals surface area contributed by atoms with Gasteiger partial charge in [0.1, 0.15) is 5.75 Å². The molecule has 0 aromatic heterocycles. The van der Waals surface area contributed by atoms with E-state index >= 15 is 0 Å². The van der Waals surface area contributed by atoms with Crippen LogP contribution in [0.5, 0.6) is 5.75 Å². The molecule has 0 aliphatic rings. The molecule has 172 valence electrons. The van der Waals surface area contributed by atoms with Crippen LogP contribution in [0.1, 0.15) is 102 Å². The number of hydrogen-bond donors (Lipinski definition) is 1. The van der Waals surface area contributed by atoms with Crippen LogP contribution in [0.3, 0.4) is 0 Å². The summed E-state index contributed by atoms with van der Waals surface area (Å²) in [5, 5.41) is 9.15. The smallest absolute Gasteiger partial charge is 0.119 e. The largest absolute Gasteiger partial charge is 0.494 e. The Morgan fingerprint density at radius 1 is 0.548 bits per heavy atom. The van der Waals surface area contributed by atoms with Crippen molar-refractivity contribution in [2.75, 3.05) is 6.61 Å². The highest BCUT2D eigenvalue weighted by Gasteiger charge is 2.00. The number of unbranched alkanes of at least 4 members (excludes halogenated alkanes) is 13. The molecule has 2 nitrogen and oxygen atoms in total. The van der Waals surface area contributed by atoms with Gasteiger partial charge in [0.15, 0.2) is 0 Å². The zero-order valence-electron chi connectivity index (χ0n) is 19.8. The molecule has 0 saturated carbocycles. The second-order valence-corrected chi connectivity index (χ2v) is 8.82. The first-order chi connectivity index (χ1) is 15.3. The first kappa shape index (κ1) is 25.5. The Morgan fingerprint density at radius 2 is 0.968 bits per heavy atom. The third kappa shape index (κ3) is 11.4. The number of aliphatic hydroxyl groups is 1. The Bertz CT molecular complexity index is 660. The van der Waals surface area contributed by atoms with Crippen molar-refractivity contribution in [2.45, 2.75) is 103 Å². The highest BCUT2D eigenvalue weighted by molar-refractivity contribution is 5.64. The molecular formula is C29H44O2. The summed E-state index contributed by atoms with van der Waals surface area (Å²) in [6.45, 7) is 3.18. The molecule has 0 amide bonds. The fourth-order valence-corrected chi connectivity index (χ4v) is 4.03. The molecule has 31 heavy (non-hydrogen) atoms. The lowest BCUT2D eigenvalue weighted by molar-refractivity contribution is 0.282. The molecule has 0 atom stereocenters. The SMILES string of the molecule is CCCCCCCCCCCCCCCCOc1ccc(-c2ccc(CO)cc2)cc1. The Kier molecular flexibility index (Phi) is 13.8. The average Bonchev–Trinajstić information content (AvgIpc) is 2.82. The third-order valence-electron chi connectivity index (χ3n) is 6.09. The Hall–Kier alpha value is -1.80. The molecule has 0 aliphatic carbocycles. The summed E-state index contributed by atoms with van der Waals surface area (Å²) in [7, 11) is 0. The quantitative estimate of drug-likeness (QED) is 0.242. The van der Waals surface area contributed by atoms with Gasteiger partial charge in [-0.2, -0.15) is 0 Å².